The molecule has 0 saturated heterocycles. The van der Waals surface area contributed by atoms with Crippen LogP contribution in [0.2, 0.25) is 0 Å². The zero-order chi connectivity index (χ0) is 11.0. The Morgan fingerprint density at radius 2 is 2.20 bits per heavy atom. The van der Waals surface area contributed by atoms with Gasteiger partial charge in [-0.25, -0.2) is 0 Å². The van der Waals surface area contributed by atoms with Gasteiger partial charge in [0.15, 0.2) is 5.78 Å². The lowest BCUT2D eigenvalue weighted by Gasteiger charge is -2.26. The minimum Gasteiger partial charge on any atom is -0.495 e. The number of carbonyl (C=O) groups is 1. The molecule has 3 heteroatoms. The third kappa shape index (κ3) is 1.58. The lowest BCUT2D eigenvalue weighted by Crippen LogP contribution is -2.27. The number of benzene rings is 1. The number of fused-ring (bicyclic) bond motifs is 1. The van der Waals surface area contributed by atoms with Gasteiger partial charge in [0.2, 0.25) is 0 Å². The molecule has 0 spiro atoms. The molecule has 0 aliphatic carbocycles. The van der Waals surface area contributed by atoms with E-state index in [-0.39, 0.29) is 11.8 Å². The van der Waals surface area contributed by atoms with E-state index in [2.05, 4.69) is 5.32 Å². The molecule has 0 saturated carbocycles. The average molecular weight is 205 g/mol. The normalized spacial score (nSPS) is 19.4. The number of aryl methyl sites for hydroxylation is 1. The molecule has 80 valence electrons. The van der Waals surface area contributed by atoms with Crippen molar-refractivity contribution in [2.45, 2.75) is 26.3 Å². The topological polar surface area (TPSA) is 38.3 Å². The molecule has 0 amide bonds. The van der Waals surface area contributed by atoms with Gasteiger partial charge >= 0.3 is 0 Å². The van der Waals surface area contributed by atoms with E-state index in [0.717, 1.165) is 22.6 Å². The number of nitrogens with one attached hydrogen (secondary N) is 1. The minimum atomic E-state index is 0.181. The second-order valence-electron chi connectivity index (χ2n) is 4.01. The number of anilines is 1. The number of Topliss-reactive ketones (excluding diaryl/α,β-unsaturated/α-hetero) is 1. The first-order valence-corrected chi connectivity index (χ1v) is 5.11. The van der Waals surface area contributed by atoms with Crippen LogP contribution in [-0.4, -0.2) is 18.9 Å². The van der Waals surface area contributed by atoms with Crippen molar-refractivity contribution < 1.29 is 9.53 Å². The summed E-state index contributed by atoms with van der Waals surface area (Å²) in [5.41, 5.74) is 2.64. The van der Waals surface area contributed by atoms with Crippen molar-refractivity contribution in [1.29, 1.82) is 0 Å². The average Bonchev–Trinajstić information content (AvgIpc) is 2.17. The highest BCUT2D eigenvalue weighted by Gasteiger charge is 2.25. The van der Waals surface area contributed by atoms with Crippen molar-refractivity contribution >= 4 is 11.5 Å². The van der Waals surface area contributed by atoms with Gasteiger partial charge in [0, 0.05) is 18.0 Å². The van der Waals surface area contributed by atoms with Crippen molar-refractivity contribution in [3.05, 3.63) is 23.3 Å². The van der Waals surface area contributed by atoms with Crippen molar-refractivity contribution in [2.24, 2.45) is 0 Å². The summed E-state index contributed by atoms with van der Waals surface area (Å²) < 4.78 is 5.25. The van der Waals surface area contributed by atoms with Gasteiger partial charge in [-0.05, 0) is 25.5 Å². The molecule has 0 radical (unpaired) electrons. The standard InChI is InChI=1S/C12H15NO2/c1-7-4-5-10(15-3)12-11(7)9(14)6-8(2)13-12/h4-5,8,13H,6H2,1-3H3. The number of carbonyl (C=O) groups excluding carboxylic acids is 1. The van der Waals surface area contributed by atoms with E-state index in [0.29, 0.717) is 6.42 Å². The van der Waals surface area contributed by atoms with Crippen LogP contribution in [0, 0.1) is 6.92 Å². The second kappa shape index (κ2) is 3.57. The van der Waals surface area contributed by atoms with Gasteiger partial charge in [-0.3, -0.25) is 4.79 Å². The van der Waals surface area contributed by atoms with Crippen LogP contribution in [0.15, 0.2) is 12.1 Å². The number of hydrogen-bond acceptors (Lipinski definition) is 3. The van der Waals surface area contributed by atoms with E-state index in [1.165, 1.54) is 0 Å². The predicted molar refractivity (Wildman–Crippen MR) is 59.8 cm³/mol. The Hall–Kier alpha value is -1.51. The van der Waals surface area contributed by atoms with Gasteiger partial charge in [-0.2, -0.15) is 0 Å². The van der Waals surface area contributed by atoms with Crippen LogP contribution in [0.1, 0.15) is 29.3 Å². The molecule has 0 fully saturated rings. The van der Waals surface area contributed by atoms with Gasteiger partial charge < -0.3 is 10.1 Å². The fraction of sp³-hybridized carbons (Fsp3) is 0.417. The molecule has 2 rings (SSSR count). The zero-order valence-electron chi connectivity index (χ0n) is 9.26. The highest BCUT2D eigenvalue weighted by molar-refractivity contribution is 6.06. The summed E-state index contributed by atoms with van der Waals surface area (Å²) in [5.74, 6) is 0.947. The van der Waals surface area contributed by atoms with E-state index in [1.54, 1.807) is 7.11 Å². The molecule has 1 heterocycles. The van der Waals surface area contributed by atoms with Crippen molar-refractivity contribution in [1.82, 2.24) is 0 Å². The molecular formula is C12H15NO2. The van der Waals surface area contributed by atoms with Gasteiger partial charge in [-0.1, -0.05) is 6.07 Å². The molecule has 1 aromatic rings. The lowest BCUT2D eigenvalue weighted by atomic mass is 9.93. The molecule has 0 bridgehead atoms. The highest BCUT2D eigenvalue weighted by Crippen LogP contribution is 2.35. The van der Waals surface area contributed by atoms with Crippen LogP contribution in [0.3, 0.4) is 0 Å². The molecule has 1 atom stereocenters. The quantitative estimate of drug-likeness (QED) is 0.765. The highest BCUT2D eigenvalue weighted by atomic mass is 16.5. The lowest BCUT2D eigenvalue weighted by molar-refractivity contribution is 0.0973. The summed E-state index contributed by atoms with van der Waals surface area (Å²) in [6.45, 7) is 3.95. The molecule has 1 unspecified atom stereocenters. The van der Waals surface area contributed by atoms with Crippen LogP contribution >= 0.6 is 0 Å². The summed E-state index contributed by atoms with van der Waals surface area (Å²) in [5, 5.41) is 3.30. The van der Waals surface area contributed by atoms with E-state index in [4.69, 9.17) is 4.74 Å². The summed E-state index contributed by atoms with van der Waals surface area (Å²) in [6.07, 6.45) is 0.557. The zero-order valence-corrected chi connectivity index (χ0v) is 9.26. The number of ether oxygens (including phenoxy) is 1. The van der Waals surface area contributed by atoms with Gasteiger partial charge in [0.05, 0.1) is 12.8 Å². The fourth-order valence-electron chi connectivity index (χ4n) is 2.04. The Labute approximate surface area is 89.4 Å². The smallest absolute Gasteiger partial charge is 0.167 e. The molecule has 1 aliphatic rings. The summed E-state index contributed by atoms with van der Waals surface area (Å²) in [6, 6.07) is 4.00. The van der Waals surface area contributed by atoms with E-state index >= 15 is 0 Å². The maximum Gasteiger partial charge on any atom is 0.167 e. The van der Waals surface area contributed by atoms with Crippen LogP contribution < -0.4 is 10.1 Å². The molecule has 1 aliphatic heterocycles. The number of hydrogen-bond donors (Lipinski definition) is 1. The Morgan fingerprint density at radius 3 is 2.87 bits per heavy atom. The van der Waals surface area contributed by atoms with Crippen molar-refractivity contribution in [3.8, 4) is 5.75 Å². The second-order valence-corrected chi connectivity index (χ2v) is 4.01. The molecule has 0 aromatic heterocycles. The monoisotopic (exact) mass is 205 g/mol. The van der Waals surface area contributed by atoms with E-state index in [9.17, 15) is 4.79 Å². The maximum absolute atomic E-state index is 11.9. The van der Waals surface area contributed by atoms with E-state index < -0.39 is 0 Å². The van der Waals surface area contributed by atoms with Crippen LogP contribution in [0.4, 0.5) is 5.69 Å². The Balaban J connectivity index is 2.61. The third-order valence-corrected chi connectivity index (χ3v) is 2.76. The number of rotatable bonds is 1. The molecule has 1 aromatic carbocycles. The summed E-state index contributed by atoms with van der Waals surface area (Å²) in [4.78, 5) is 11.9. The fourth-order valence-corrected chi connectivity index (χ4v) is 2.04. The molecule has 1 N–H and O–H groups in total. The third-order valence-electron chi connectivity index (χ3n) is 2.76. The first-order valence-electron chi connectivity index (χ1n) is 5.11. The van der Waals surface area contributed by atoms with Crippen LogP contribution in [0.5, 0.6) is 5.75 Å². The largest absolute Gasteiger partial charge is 0.495 e. The SMILES string of the molecule is COc1ccc(C)c2c1NC(C)CC2=O. The maximum atomic E-state index is 11.9. The Morgan fingerprint density at radius 1 is 1.47 bits per heavy atom. The van der Waals surface area contributed by atoms with Gasteiger partial charge in [-0.15, -0.1) is 0 Å². The number of methoxy groups -OCH3 is 1. The number of ketones is 1. The molecule has 15 heavy (non-hydrogen) atoms. The van der Waals surface area contributed by atoms with Gasteiger partial charge in [0.1, 0.15) is 5.75 Å². The van der Waals surface area contributed by atoms with Crippen LogP contribution in [0.25, 0.3) is 0 Å². The predicted octanol–water partition coefficient (Wildman–Crippen LogP) is 2.39. The summed E-state index contributed by atoms with van der Waals surface area (Å²) in [7, 11) is 1.62. The minimum absolute atomic E-state index is 0.181. The van der Waals surface area contributed by atoms with Gasteiger partial charge in [0.25, 0.3) is 0 Å². The van der Waals surface area contributed by atoms with Crippen LogP contribution in [-0.2, 0) is 0 Å². The summed E-state index contributed by atoms with van der Waals surface area (Å²) >= 11 is 0. The molecular weight excluding hydrogens is 190 g/mol. The molecule has 3 nitrogen and oxygen atoms in total. The Kier molecular flexibility index (Phi) is 2.39. The van der Waals surface area contributed by atoms with Crippen molar-refractivity contribution in [3.63, 3.8) is 0 Å². The first kappa shape index (κ1) is 10.0. The van der Waals surface area contributed by atoms with Crippen molar-refractivity contribution in [2.75, 3.05) is 12.4 Å². The van der Waals surface area contributed by atoms with E-state index in [1.807, 2.05) is 26.0 Å². The Bertz CT molecular complexity index is 412. The first-order chi connectivity index (χ1) is 7.13.